The van der Waals surface area contributed by atoms with E-state index in [1.807, 2.05) is 0 Å². The van der Waals surface area contributed by atoms with Crippen molar-refractivity contribution in [2.24, 2.45) is 0 Å². The Balaban J connectivity index is 1.69. The third-order valence-corrected chi connectivity index (χ3v) is 3.77. The van der Waals surface area contributed by atoms with E-state index in [4.69, 9.17) is 23.5 Å². The van der Waals surface area contributed by atoms with Crippen molar-refractivity contribution in [2.75, 3.05) is 21.3 Å². The highest BCUT2D eigenvalue weighted by atomic mass is 16.6. The summed E-state index contributed by atoms with van der Waals surface area (Å²) in [5.74, 6) is 1.44. The summed E-state index contributed by atoms with van der Waals surface area (Å²) in [7, 11) is 4.53. The number of para-hydroxylation sites is 1. The SMILES string of the molecule is COc1ccc(-c2noc(COC(=O)c3cccc(OC)c3OC)n2)cc1. The molecule has 0 amide bonds. The van der Waals surface area contributed by atoms with Crippen molar-refractivity contribution in [3.8, 4) is 28.6 Å². The molecule has 140 valence electrons. The molecule has 0 atom stereocenters. The standard InChI is InChI=1S/C19H18N2O6/c1-23-13-9-7-12(8-10-13)18-20-16(27-21-18)11-26-19(22)14-5-4-6-15(24-2)17(14)25-3/h4-10H,11H2,1-3H3. The summed E-state index contributed by atoms with van der Waals surface area (Å²) in [5, 5.41) is 3.89. The van der Waals surface area contributed by atoms with Gasteiger partial charge in [0.05, 0.1) is 21.3 Å². The lowest BCUT2D eigenvalue weighted by molar-refractivity contribution is 0.0425. The molecule has 0 spiro atoms. The van der Waals surface area contributed by atoms with Crippen molar-refractivity contribution < 1.29 is 28.3 Å². The summed E-state index contributed by atoms with van der Waals surface area (Å²) in [6.07, 6.45) is 0. The average Bonchev–Trinajstić information content (AvgIpc) is 3.20. The van der Waals surface area contributed by atoms with Crippen LogP contribution < -0.4 is 14.2 Å². The molecule has 2 aromatic carbocycles. The van der Waals surface area contributed by atoms with Gasteiger partial charge < -0.3 is 23.5 Å². The minimum atomic E-state index is -0.588. The van der Waals surface area contributed by atoms with Crippen molar-refractivity contribution in [1.29, 1.82) is 0 Å². The molecule has 0 aliphatic rings. The Morgan fingerprint density at radius 1 is 1.00 bits per heavy atom. The second kappa shape index (κ2) is 8.22. The number of aromatic nitrogens is 2. The van der Waals surface area contributed by atoms with Crippen LogP contribution in [0.15, 0.2) is 47.0 Å². The molecule has 8 heteroatoms. The van der Waals surface area contributed by atoms with Crippen LogP contribution in [-0.4, -0.2) is 37.4 Å². The quantitative estimate of drug-likeness (QED) is 0.586. The molecule has 0 radical (unpaired) electrons. The Bertz CT molecular complexity index is 920. The minimum Gasteiger partial charge on any atom is -0.497 e. The van der Waals surface area contributed by atoms with Crippen LogP contribution in [0.1, 0.15) is 16.2 Å². The highest BCUT2D eigenvalue weighted by molar-refractivity contribution is 5.93. The topological polar surface area (TPSA) is 92.9 Å². The van der Waals surface area contributed by atoms with E-state index < -0.39 is 5.97 Å². The van der Waals surface area contributed by atoms with Gasteiger partial charge in [0.1, 0.15) is 11.3 Å². The van der Waals surface area contributed by atoms with E-state index >= 15 is 0 Å². The fraction of sp³-hybridized carbons (Fsp3) is 0.211. The van der Waals surface area contributed by atoms with E-state index in [1.54, 1.807) is 49.6 Å². The zero-order chi connectivity index (χ0) is 19.2. The van der Waals surface area contributed by atoms with Gasteiger partial charge in [-0.3, -0.25) is 0 Å². The van der Waals surface area contributed by atoms with E-state index in [1.165, 1.54) is 14.2 Å². The van der Waals surface area contributed by atoms with Gasteiger partial charge in [0.15, 0.2) is 18.1 Å². The summed E-state index contributed by atoms with van der Waals surface area (Å²) in [6.45, 7) is -0.164. The lowest BCUT2D eigenvalue weighted by Crippen LogP contribution is -2.08. The van der Waals surface area contributed by atoms with Crippen molar-refractivity contribution in [3.05, 3.63) is 53.9 Å². The van der Waals surface area contributed by atoms with Crippen LogP contribution >= 0.6 is 0 Å². The molecule has 0 N–H and O–H groups in total. The van der Waals surface area contributed by atoms with Crippen LogP contribution in [0, 0.1) is 0 Å². The molecule has 0 aliphatic carbocycles. The number of methoxy groups -OCH3 is 3. The van der Waals surface area contributed by atoms with E-state index in [0.717, 1.165) is 11.3 Å². The monoisotopic (exact) mass is 370 g/mol. The number of esters is 1. The molecule has 0 fully saturated rings. The second-order valence-corrected chi connectivity index (χ2v) is 5.36. The smallest absolute Gasteiger partial charge is 0.342 e. The summed E-state index contributed by atoms with van der Waals surface area (Å²) in [6, 6.07) is 12.1. The number of ether oxygens (including phenoxy) is 4. The lowest BCUT2D eigenvalue weighted by atomic mass is 10.2. The third kappa shape index (κ3) is 4.00. The first kappa shape index (κ1) is 18.2. The molecule has 1 aromatic heterocycles. The number of hydrogen-bond acceptors (Lipinski definition) is 8. The van der Waals surface area contributed by atoms with Gasteiger partial charge in [-0.25, -0.2) is 4.79 Å². The predicted octanol–water partition coefficient (Wildman–Crippen LogP) is 3.12. The molecular formula is C19H18N2O6. The number of rotatable bonds is 7. The molecule has 1 heterocycles. The molecule has 0 unspecified atom stereocenters. The summed E-state index contributed by atoms with van der Waals surface area (Å²) >= 11 is 0. The first-order valence-electron chi connectivity index (χ1n) is 8.01. The molecule has 0 aliphatic heterocycles. The minimum absolute atomic E-state index is 0.164. The second-order valence-electron chi connectivity index (χ2n) is 5.36. The Morgan fingerprint density at radius 2 is 1.78 bits per heavy atom. The van der Waals surface area contributed by atoms with Crippen LogP contribution in [0.2, 0.25) is 0 Å². The van der Waals surface area contributed by atoms with Gasteiger partial charge in [-0.05, 0) is 36.4 Å². The van der Waals surface area contributed by atoms with Crippen LogP contribution in [0.3, 0.4) is 0 Å². The Labute approximate surface area is 155 Å². The fourth-order valence-electron chi connectivity index (χ4n) is 2.42. The Kier molecular flexibility index (Phi) is 5.55. The number of hydrogen-bond donors (Lipinski definition) is 0. The molecule has 27 heavy (non-hydrogen) atoms. The maximum Gasteiger partial charge on any atom is 0.342 e. The predicted molar refractivity (Wildman–Crippen MR) is 95.0 cm³/mol. The number of carbonyl (C=O) groups is 1. The van der Waals surface area contributed by atoms with Gasteiger partial charge in [0.2, 0.25) is 5.82 Å². The third-order valence-electron chi connectivity index (χ3n) is 3.77. The summed E-state index contributed by atoms with van der Waals surface area (Å²) in [5.41, 5.74) is 0.998. The number of benzene rings is 2. The highest BCUT2D eigenvalue weighted by Gasteiger charge is 2.19. The van der Waals surface area contributed by atoms with Gasteiger partial charge in [-0.1, -0.05) is 11.2 Å². The van der Waals surface area contributed by atoms with E-state index in [0.29, 0.717) is 17.3 Å². The zero-order valence-electron chi connectivity index (χ0n) is 15.1. The average molecular weight is 370 g/mol. The van der Waals surface area contributed by atoms with Crippen LogP contribution in [0.25, 0.3) is 11.4 Å². The Hall–Kier alpha value is -3.55. The van der Waals surface area contributed by atoms with E-state index in [9.17, 15) is 4.79 Å². The number of carbonyl (C=O) groups excluding carboxylic acids is 1. The molecule has 0 bridgehead atoms. The first-order chi connectivity index (χ1) is 13.2. The van der Waals surface area contributed by atoms with Gasteiger partial charge in [0, 0.05) is 5.56 Å². The maximum atomic E-state index is 12.4. The van der Waals surface area contributed by atoms with Crippen molar-refractivity contribution in [2.45, 2.75) is 6.61 Å². The normalized spacial score (nSPS) is 10.3. The maximum absolute atomic E-state index is 12.4. The molecular weight excluding hydrogens is 352 g/mol. The van der Waals surface area contributed by atoms with Crippen LogP contribution in [0.5, 0.6) is 17.2 Å². The van der Waals surface area contributed by atoms with Crippen LogP contribution in [-0.2, 0) is 11.3 Å². The first-order valence-corrected chi connectivity index (χ1v) is 8.01. The number of nitrogens with zero attached hydrogens (tertiary/aromatic N) is 2. The summed E-state index contributed by atoms with van der Waals surface area (Å²) < 4.78 is 25.9. The molecule has 3 aromatic rings. The van der Waals surface area contributed by atoms with Crippen LogP contribution in [0.4, 0.5) is 0 Å². The molecule has 8 nitrogen and oxygen atoms in total. The molecule has 0 saturated carbocycles. The van der Waals surface area contributed by atoms with Gasteiger partial charge in [-0.2, -0.15) is 4.98 Å². The Morgan fingerprint density at radius 3 is 2.44 bits per heavy atom. The van der Waals surface area contributed by atoms with Gasteiger partial charge in [0.25, 0.3) is 5.89 Å². The summed E-state index contributed by atoms with van der Waals surface area (Å²) in [4.78, 5) is 16.6. The fourth-order valence-corrected chi connectivity index (χ4v) is 2.42. The van der Waals surface area contributed by atoms with E-state index in [-0.39, 0.29) is 18.1 Å². The molecule has 3 rings (SSSR count). The van der Waals surface area contributed by atoms with Crippen molar-refractivity contribution in [1.82, 2.24) is 10.1 Å². The van der Waals surface area contributed by atoms with Gasteiger partial charge >= 0.3 is 5.97 Å². The highest BCUT2D eigenvalue weighted by Crippen LogP contribution is 2.31. The van der Waals surface area contributed by atoms with Gasteiger partial charge in [-0.15, -0.1) is 0 Å². The van der Waals surface area contributed by atoms with Crippen molar-refractivity contribution in [3.63, 3.8) is 0 Å². The van der Waals surface area contributed by atoms with Crippen molar-refractivity contribution >= 4 is 5.97 Å². The molecule has 0 saturated heterocycles. The largest absolute Gasteiger partial charge is 0.497 e. The van der Waals surface area contributed by atoms with E-state index in [2.05, 4.69) is 10.1 Å². The zero-order valence-corrected chi connectivity index (χ0v) is 15.1. The lowest BCUT2D eigenvalue weighted by Gasteiger charge is -2.11.